The van der Waals surface area contributed by atoms with E-state index >= 15 is 0 Å². The average Bonchev–Trinajstić information content (AvgIpc) is 2.38. The minimum Gasteiger partial charge on any atom is -0.507 e. The maximum atomic E-state index is 10.4. The summed E-state index contributed by atoms with van der Waals surface area (Å²) in [6.45, 7) is 4.01. The highest BCUT2D eigenvalue weighted by Gasteiger charge is 2.14. The third-order valence-corrected chi connectivity index (χ3v) is 3.59. The molecule has 90 valence electrons. The summed E-state index contributed by atoms with van der Waals surface area (Å²) in [6, 6.07) is 11.2. The van der Waals surface area contributed by atoms with Crippen molar-refractivity contribution in [3.05, 3.63) is 47.5 Å². The first kappa shape index (κ1) is 10.9. The summed E-state index contributed by atoms with van der Waals surface area (Å²) in [4.78, 5) is 0. The zero-order valence-corrected chi connectivity index (χ0v) is 10.4. The summed E-state index contributed by atoms with van der Waals surface area (Å²) in [6.07, 6.45) is 0. The minimum absolute atomic E-state index is 0.127. The highest BCUT2D eigenvalue weighted by molar-refractivity contribution is 6.11. The van der Waals surface area contributed by atoms with E-state index in [0.29, 0.717) is 5.39 Å². The van der Waals surface area contributed by atoms with E-state index in [2.05, 4.69) is 0 Å². The van der Waals surface area contributed by atoms with E-state index < -0.39 is 0 Å². The summed E-state index contributed by atoms with van der Waals surface area (Å²) in [5.41, 5.74) is 2.15. The Labute approximate surface area is 105 Å². The summed E-state index contributed by atoms with van der Waals surface area (Å²) >= 11 is 0. The van der Waals surface area contributed by atoms with Gasteiger partial charge in [-0.25, -0.2) is 0 Å². The van der Waals surface area contributed by atoms with E-state index in [0.717, 1.165) is 27.3 Å². The van der Waals surface area contributed by atoms with Crippen molar-refractivity contribution in [3.63, 3.8) is 0 Å². The van der Waals surface area contributed by atoms with Crippen LogP contribution in [0.5, 0.6) is 11.5 Å². The van der Waals surface area contributed by atoms with Gasteiger partial charge in [-0.05, 0) is 41.8 Å². The number of rotatable bonds is 0. The fourth-order valence-electron chi connectivity index (χ4n) is 2.70. The van der Waals surface area contributed by atoms with Crippen LogP contribution >= 0.6 is 0 Å². The molecule has 2 nitrogen and oxygen atoms in total. The number of aromatic hydroxyl groups is 2. The van der Waals surface area contributed by atoms with Crippen molar-refractivity contribution >= 4 is 21.5 Å². The fourth-order valence-corrected chi connectivity index (χ4v) is 2.70. The van der Waals surface area contributed by atoms with Crippen LogP contribution in [0.4, 0.5) is 0 Å². The van der Waals surface area contributed by atoms with E-state index in [1.165, 1.54) is 0 Å². The molecule has 0 amide bonds. The number of phenolic OH excluding ortho intramolecular Hbond substituents is 2. The van der Waals surface area contributed by atoms with Crippen LogP contribution in [0.1, 0.15) is 11.1 Å². The first-order chi connectivity index (χ1) is 8.61. The van der Waals surface area contributed by atoms with Crippen molar-refractivity contribution < 1.29 is 10.2 Å². The number of phenols is 2. The average molecular weight is 238 g/mol. The van der Waals surface area contributed by atoms with Crippen LogP contribution in [-0.2, 0) is 0 Å². The molecular formula is C16H14O2. The van der Waals surface area contributed by atoms with Crippen molar-refractivity contribution in [2.45, 2.75) is 13.8 Å². The summed E-state index contributed by atoms with van der Waals surface area (Å²) < 4.78 is 0. The molecule has 0 bridgehead atoms. The van der Waals surface area contributed by atoms with Crippen LogP contribution in [0, 0.1) is 13.8 Å². The second-order valence-electron chi connectivity index (χ2n) is 4.67. The second-order valence-corrected chi connectivity index (χ2v) is 4.67. The molecule has 0 aliphatic rings. The molecule has 18 heavy (non-hydrogen) atoms. The number of hydrogen-bond donors (Lipinski definition) is 2. The molecule has 2 heteroatoms. The van der Waals surface area contributed by atoms with Gasteiger partial charge in [0.1, 0.15) is 11.5 Å². The van der Waals surface area contributed by atoms with Crippen LogP contribution in [0.3, 0.4) is 0 Å². The molecule has 2 N–H and O–H groups in total. The molecule has 0 saturated heterocycles. The number of fused-ring (bicyclic) bond motifs is 2. The zero-order valence-electron chi connectivity index (χ0n) is 10.4. The van der Waals surface area contributed by atoms with Gasteiger partial charge in [0.2, 0.25) is 0 Å². The normalized spacial score (nSPS) is 11.2. The molecule has 0 spiro atoms. The van der Waals surface area contributed by atoms with E-state index in [1.54, 1.807) is 6.07 Å². The highest BCUT2D eigenvalue weighted by Crippen LogP contribution is 2.42. The molecular weight excluding hydrogens is 224 g/mol. The Balaban J connectivity index is 2.72. The van der Waals surface area contributed by atoms with Gasteiger partial charge in [0.15, 0.2) is 0 Å². The quantitative estimate of drug-likeness (QED) is 0.581. The first-order valence-corrected chi connectivity index (χ1v) is 5.94. The smallest absolute Gasteiger partial charge is 0.134 e. The van der Waals surface area contributed by atoms with Crippen molar-refractivity contribution in [2.75, 3.05) is 0 Å². The molecule has 0 aliphatic carbocycles. The van der Waals surface area contributed by atoms with Crippen LogP contribution < -0.4 is 0 Å². The van der Waals surface area contributed by atoms with E-state index in [4.69, 9.17) is 0 Å². The third-order valence-electron chi connectivity index (χ3n) is 3.59. The maximum Gasteiger partial charge on any atom is 0.134 e. The molecule has 0 heterocycles. The minimum atomic E-state index is 0.127. The Morgan fingerprint density at radius 1 is 0.778 bits per heavy atom. The molecule has 3 aromatic carbocycles. The number of hydrogen-bond acceptors (Lipinski definition) is 2. The molecule has 0 aromatic heterocycles. The van der Waals surface area contributed by atoms with Crippen LogP contribution in [0.2, 0.25) is 0 Å². The SMILES string of the molecule is Cc1ccc(O)c2c(O)c3ccccc3c(C)c12. The van der Waals surface area contributed by atoms with Crippen molar-refractivity contribution in [1.82, 2.24) is 0 Å². The van der Waals surface area contributed by atoms with Crippen LogP contribution in [0.25, 0.3) is 21.5 Å². The van der Waals surface area contributed by atoms with Gasteiger partial charge >= 0.3 is 0 Å². The second kappa shape index (κ2) is 3.64. The Morgan fingerprint density at radius 3 is 2.17 bits per heavy atom. The molecule has 0 atom stereocenters. The van der Waals surface area contributed by atoms with Gasteiger partial charge in [-0.1, -0.05) is 30.3 Å². The summed E-state index contributed by atoms with van der Waals surface area (Å²) in [5.74, 6) is 0.286. The lowest BCUT2D eigenvalue weighted by atomic mass is 9.93. The molecule has 0 fully saturated rings. The monoisotopic (exact) mass is 238 g/mol. The predicted molar refractivity (Wildman–Crippen MR) is 74.3 cm³/mol. The Morgan fingerprint density at radius 2 is 1.44 bits per heavy atom. The van der Waals surface area contributed by atoms with Crippen molar-refractivity contribution in [3.8, 4) is 11.5 Å². The van der Waals surface area contributed by atoms with Gasteiger partial charge in [0, 0.05) is 5.39 Å². The van der Waals surface area contributed by atoms with Gasteiger partial charge in [-0.15, -0.1) is 0 Å². The molecule has 0 saturated carbocycles. The molecule has 0 unspecified atom stereocenters. The van der Waals surface area contributed by atoms with Gasteiger partial charge in [-0.3, -0.25) is 0 Å². The van der Waals surface area contributed by atoms with Gasteiger partial charge in [-0.2, -0.15) is 0 Å². The Bertz CT molecular complexity index is 707. The topological polar surface area (TPSA) is 40.5 Å². The highest BCUT2D eigenvalue weighted by atomic mass is 16.3. The standard InChI is InChI=1S/C16H14O2/c1-9-7-8-13(17)15-14(9)10(2)11-5-3-4-6-12(11)16(15)18/h3-8,17-18H,1-2H3. The lowest BCUT2D eigenvalue weighted by molar-refractivity contribution is 0.467. The Kier molecular flexibility index (Phi) is 2.20. The third kappa shape index (κ3) is 1.29. The molecule has 3 aromatic rings. The largest absolute Gasteiger partial charge is 0.507 e. The fraction of sp³-hybridized carbons (Fsp3) is 0.125. The Hall–Kier alpha value is -2.22. The van der Waals surface area contributed by atoms with Crippen LogP contribution in [0.15, 0.2) is 36.4 Å². The van der Waals surface area contributed by atoms with E-state index in [9.17, 15) is 10.2 Å². The first-order valence-electron chi connectivity index (χ1n) is 5.94. The van der Waals surface area contributed by atoms with E-state index in [-0.39, 0.29) is 11.5 Å². The van der Waals surface area contributed by atoms with E-state index in [1.807, 2.05) is 44.2 Å². The molecule has 0 radical (unpaired) electrons. The van der Waals surface area contributed by atoms with Gasteiger partial charge in [0.25, 0.3) is 0 Å². The number of aryl methyl sites for hydroxylation is 2. The van der Waals surface area contributed by atoms with Crippen LogP contribution in [-0.4, -0.2) is 10.2 Å². The predicted octanol–water partition coefficient (Wildman–Crippen LogP) is 4.02. The maximum absolute atomic E-state index is 10.4. The summed E-state index contributed by atoms with van der Waals surface area (Å²) in [7, 11) is 0. The summed E-state index contributed by atoms with van der Waals surface area (Å²) in [5, 5.41) is 23.7. The van der Waals surface area contributed by atoms with Crippen molar-refractivity contribution in [1.29, 1.82) is 0 Å². The van der Waals surface area contributed by atoms with Gasteiger partial charge in [0.05, 0.1) is 5.39 Å². The lowest BCUT2D eigenvalue weighted by Crippen LogP contribution is -1.88. The molecule has 3 rings (SSSR count). The lowest BCUT2D eigenvalue weighted by Gasteiger charge is -2.13. The molecule has 0 aliphatic heterocycles. The number of benzene rings is 3. The van der Waals surface area contributed by atoms with Gasteiger partial charge < -0.3 is 10.2 Å². The van der Waals surface area contributed by atoms with Crippen molar-refractivity contribution in [2.24, 2.45) is 0 Å². The zero-order chi connectivity index (χ0) is 12.9.